The van der Waals surface area contributed by atoms with Gasteiger partial charge in [-0.15, -0.1) is 11.3 Å². The maximum Gasteiger partial charge on any atom is 0.237 e. The number of Topliss-reactive ketones (excluding diaryl/α,β-unsaturated/α-hetero) is 1. The fourth-order valence-electron chi connectivity index (χ4n) is 0.611. The van der Waals surface area contributed by atoms with Gasteiger partial charge in [-0.2, -0.15) is 5.26 Å². The predicted molar refractivity (Wildman–Crippen MR) is 38.6 cm³/mol. The van der Waals surface area contributed by atoms with Crippen LogP contribution in [0.2, 0.25) is 0 Å². The molecule has 1 rings (SSSR count). The van der Waals surface area contributed by atoms with Crippen LogP contribution in [0, 0.1) is 11.3 Å². The van der Waals surface area contributed by atoms with Crippen LogP contribution < -0.4 is 0 Å². The Hall–Kier alpha value is -1.14. The second kappa shape index (κ2) is 3.14. The van der Waals surface area contributed by atoms with Crippen molar-refractivity contribution < 1.29 is 4.79 Å². The summed E-state index contributed by atoms with van der Waals surface area (Å²) in [6.07, 6.45) is 0.258. The monoisotopic (exact) mass is 151 g/mol. The Morgan fingerprint density at radius 3 is 3.10 bits per heavy atom. The van der Waals surface area contributed by atoms with Gasteiger partial charge in [0.05, 0.1) is 6.42 Å². The number of carbonyl (C=O) groups is 1. The van der Waals surface area contributed by atoms with Crippen LogP contribution >= 0.6 is 11.3 Å². The van der Waals surface area contributed by atoms with Crippen LogP contribution in [0.15, 0.2) is 17.5 Å². The number of ketones is 1. The third kappa shape index (κ3) is 1.67. The van der Waals surface area contributed by atoms with Crippen LogP contribution in [0.1, 0.15) is 4.88 Å². The van der Waals surface area contributed by atoms with Crippen LogP contribution in [-0.2, 0) is 11.2 Å². The summed E-state index contributed by atoms with van der Waals surface area (Å²) < 4.78 is 0. The summed E-state index contributed by atoms with van der Waals surface area (Å²) in [5.74, 6) is -0.373. The van der Waals surface area contributed by atoms with Crippen molar-refractivity contribution in [3.05, 3.63) is 22.4 Å². The lowest BCUT2D eigenvalue weighted by Gasteiger charge is -1.84. The molecule has 1 aromatic heterocycles. The molecule has 10 heavy (non-hydrogen) atoms. The Kier molecular flexibility index (Phi) is 2.19. The molecule has 0 aromatic carbocycles. The molecule has 1 heterocycles. The van der Waals surface area contributed by atoms with Gasteiger partial charge in [-0.3, -0.25) is 4.79 Å². The zero-order chi connectivity index (χ0) is 7.40. The highest BCUT2D eigenvalue weighted by atomic mass is 32.1. The Labute approximate surface area is 62.7 Å². The first-order valence-corrected chi connectivity index (χ1v) is 3.66. The van der Waals surface area contributed by atoms with Gasteiger partial charge in [-0.1, -0.05) is 6.07 Å². The van der Waals surface area contributed by atoms with Crippen molar-refractivity contribution in [3.63, 3.8) is 0 Å². The number of hydrogen-bond donors (Lipinski definition) is 0. The number of nitrogens with zero attached hydrogens (tertiary/aromatic N) is 1. The zero-order valence-electron chi connectivity index (χ0n) is 5.20. The van der Waals surface area contributed by atoms with Gasteiger partial charge in [0.1, 0.15) is 6.07 Å². The maximum atomic E-state index is 10.5. The number of nitriles is 1. The Bertz CT molecular complexity index is 258. The molecular formula is C7H5NOS. The van der Waals surface area contributed by atoms with Crippen molar-refractivity contribution >= 4 is 17.1 Å². The van der Waals surface area contributed by atoms with Crippen LogP contribution in [-0.4, -0.2) is 5.78 Å². The summed E-state index contributed by atoms with van der Waals surface area (Å²) in [7, 11) is 0. The van der Waals surface area contributed by atoms with Crippen LogP contribution in [0.3, 0.4) is 0 Å². The van der Waals surface area contributed by atoms with E-state index in [1.54, 1.807) is 6.07 Å². The molecule has 0 unspecified atom stereocenters. The molecule has 1 aromatic rings. The molecule has 0 saturated heterocycles. The number of hydrogen-bond acceptors (Lipinski definition) is 3. The molecule has 0 spiro atoms. The summed E-state index contributed by atoms with van der Waals surface area (Å²) in [6.45, 7) is 0. The van der Waals surface area contributed by atoms with E-state index in [1.807, 2.05) is 17.5 Å². The van der Waals surface area contributed by atoms with Crippen LogP contribution in [0.4, 0.5) is 0 Å². The predicted octanol–water partition coefficient (Wildman–Crippen LogP) is 1.38. The maximum absolute atomic E-state index is 10.5. The van der Waals surface area contributed by atoms with E-state index >= 15 is 0 Å². The van der Waals surface area contributed by atoms with E-state index in [2.05, 4.69) is 0 Å². The highest BCUT2D eigenvalue weighted by Crippen LogP contribution is 2.08. The fraction of sp³-hybridized carbons (Fsp3) is 0.143. The van der Waals surface area contributed by atoms with Gasteiger partial charge in [-0.25, -0.2) is 0 Å². The Morgan fingerprint density at radius 1 is 1.80 bits per heavy atom. The quantitative estimate of drug-likeness (QED) is 0.599. The molecular weight excluding hydrogens is 146 g/mol. The minimum absolute atomic E-state index is 0.258. The minimum atomic E-state index is -0.373. The molecule has 0 amide bonds. The highest BCUT2D eigenvalue weighted by Gasteiger charge is 2.00. The normalized spacial score (nSPS) is 8.70. The highest BCUT2D eigenvalue weighted by molar-refractivity contribution is 7.10. The summed E-state index contributed by atoms with van der Waals surface area (Å²) in [6, 6.07) is 5.28. The van der Waals surface area contributed by atoms with Crippen molar-refractivity contribution in [2.75, 3.05) is 0 Å². The average Bonchev–Trinajstić information content (AvgIpc) is 2.40. The van der Waals surface area contributed by atoms with Gasteiger partial charge in [0.2, 0.25) is 5.78 Å². The summed E-state index contributed by atoms with van der Waals surface area (Å²) in [5.41, 5.74) is 0. The molecule has 3 heteroatoms. The third-order valence-corrected chi connectivity index (χ3v) is 1.92. The average molecular weight is 151 g/mol. The SMILES string of the molecule is N#CC(=O)Cc1cccs1. The molecule has 0 aliphatic carbocycles. The second-order valence-electron chi connectivity index (χ2n) is 1.79. The van der Waals surface area contributed by atoms with Crippen molar-refractivity contribution in [1.82, 2.24) is 0 Å². The molecule has 0 fully saturated rings. The van der Waals surface area contributed by atoms with Crippen molar-refractivity contribution in [1.29, 1.82) is 5.26 Å². The van der Waals surface area contributed by atoms with E-state index in [9.17, 15) is 4.79 Å². The molecule has 0 aliphatic rings. The van der Waals surface area contributed by atoms with E-state index in [4.69, 9.17) is 5.26 Å². The minimum Gasteiger partial charge on any atom is -0.282 e. The smallest absolute Gasteiger partial charge is 0.237 e. The largest absolute Gasteiger partial charge is 0.282 e. The first-order chi connectivity index (χ1) is 4.83. The van der Waals surface area contributed by atoms with E-state index in [1.165, 1.54) is 11.3 Å². The van der Waals surface area contributed by atoms with Crippen molar-refractivity contribution in [2.45, 2.75) is 6.42 Å². The molecule has 0 aliphatic heterocycles. The van der Waals surface area contributed by atoms with Crippen molar-refractivity contribution in [2.24, 2.45) is 0 Å². The molecule has 0 atom stereocenters. The molecule has 0 saturated carbocycles. The van der Waals surface area contributed by atoms with E-state index in [-0.39, 0.29) is 12.2 Å². The molecule has 2 nitrogen and oxygen atoms in total. The van der Waals surface area contributed by atoms with Crippen LogP contribution in [0.25, 0.3) is 0 Å². The van der Waals surface area contributed by atoms with Gasteiger partial charge in [0.25, 0.3) is 0 Å². The first kappa shape index (κ1) is 6.97. The van der Waals surface area contributed by atoms with Gasteiger partial charge in [0.15, 0.2) is 0 Å². The van der Waals surface area contributed by atoms with E-state index < -0.39 is 0 Å². The summed E-state index contributed by atoms with van der Waals surface area (Å²) in [5, 5.41) is 10.0. The van der Waals surface area contributed by atoms with Gasteiger partial charge in [-0.05, 0) is 11.4 Å². The fourth-order valence-corrected chi connectivity index (χ4v) is 1.31. The Morgan fingerprint density at radius 2 is 2.60 bits per heavy atom. The zero-order valence-corrected chi connectivity index (χ0v) is 6.02. The van der Waals surface area contributed by atoms with Gasteiger partial charge >= 0.3 is 0 Å². The molecule has 0 N–H and O–H groups in total. The number of thiophene rings is 1. The van der Waals surface area contributed by atoms with E-state index in [0.717, 1.165) is 4.88 Å². The molecule has 50 valence electrons. The first-order valence-electron chi connectivity index (χ1n) is 2.78. The lowest BCUT2D eigenvalue weighted by molar-refractivity contribution is -0.113. The Balaban J connectivity index is 2.59. The standard InChI is InChI=1S/C7H5NOS/c8-5-6(9)4-7-2-1-3-10-7/h1-3H,4H2. The third-order valence-electron chi connectivity index (χ3n) is 1.04. The lowest BCUT2D eigenvalue weighted by atomic mass is 10.3. The summed E-state index contributed by atoms with van der Waals surface area (Å²) in [4.78, 5) is 11.5. The lowest BCUT2D eigenvalue weighted by Crippen LogP contribution is -1.95. The van der Waals surface area contributed by atoms with Crippen molar-refractivity contribution in [3.8, 4) is 6.07 Å². The van der Waals surface area contributed by atoms with Gasteiger partial charge < -0.3 is 0 Å². The second-order valence-corrected chi connectivity index (χ2v) is 2.82. The number of rotatable bonds is 2. The topological polar surface area (TPSA) is 40.9 Å². The molecule has 0 bridgehead atoms. The number of carbonyl (C=O) groups excluding carboxylic acids is 1. The van der Waals surface area contributed by atoms with Crippen LogP contribution in [0.5, 0.6) is 0 Å². The van der Waals surface area contributed by atoms with E-state index in [0.29, 0.717) is 0 Å². The summed E-state index contributed by atoms with van der Waals surface area (Å²) >= 11 is 1.49. The van der Waals surface area contributed by atoms with Gasteiger partial charge in [0, 0.05) is 4.88 Å². The molecule has 0 radical (unpaired) electrons.